The van der Waals surface area contributed by atoms with Crippen molar-refractivity contribution in [1.29, 1.82) is 0 Å². The molecule has 0 aliphatic heterocycles. The van der Waals surface area contributed by atoms with Crippen molar-refractivity contribution in [1.82, 2.24) is 19.8 Å². The van der Waals surface area contributed by atoms with Crippen LogP contribution in [0.25, 0.3) is 11.4 Å². The zero-order valence-electron chi connectivity index (χ0n) is 14.8. The molecule has 0 fully saturated rings. The molecule has 2 N–H and O–H groups in total. The molecule has 0 unspecified atom stereocenters. The molecule has 0 bridgehead atoms. The quantitative estimate of drug-likeness (QED) is 0.423. The monoisotopic (exact) mass is 483 g/mol. The third-order valence-corrected chi connectivity index (χ3v) is 5.96. The Morgan fingerprint density at radius 1 is 1.29 bits per heavy atom. The Hall–Kier alpha value is -2.10. The van der Waals surface area contributed by atoms with E-state index < -0.39 is 5.82 Å². The number of hydrogen-bond acceptors (Lipinski definition) is 5. The molecule has 146 valence electrons. The molecular weight excluding hydrogens is 469 g/mol. The Kier molecular flexibility index (Phi) is 6.58. The summed E-state index contributed by atoms with van der Waals surface area (Å²) in [5.41, 5.74) is 1.07. The van der Waals surface area contributed by atoms with Gasteiger partial charge in [0, 0.05) is 34.2 Å². The second kappa shape index (κ2) is 8.93. The summed E-state index contributed by atoms with van der Waals surface area (Å²) in [6.07, 6.45) is 0. The largest absolute Gasteiger partial charge is 0.341 e. The molecule has 0 radical (unpaired) electrons. The van der Waals surface area contributed by atoms with Crippen molar-refractivity contribution in [3.63, 3.8) is 0 Å². The Labute approximate surface area is 179 Å². The van der Waals surface area contributed by atoms with Gasteiger partial charge in [0.25, 0.3) is 0 Å². The van der Waals surface area contributed by atoms with E-state index in [1.807, 2.05) is 24.3 Å². The summed E-state index contributed by atoms with van der Waals surface area (Å²) in [4.78, 5) is 13.8. The van der Waals surface area contributed by atoms with Crippen molar-refractivity contribution in [2.24, 2.45) is 0 Å². The zero-order chi connectivity index (χ0) is 20.3. The standard InChI is InChI=1S/C18H16BrClFN5OS/c1-25(9-12-14(20)7-4-8-15(12)21)16(27)10-28-18-24-23-17(26(18)22)11-5-2-3-6-13(11)19/h2-8H,9-10,22H2,1H3. The Morgan fingerprint density at radius 2 is 2.04 bits per heavy atom. The zero-order valence-corrected chi connectivity index (χ0v) is 17.9. The number of benzene rings is 2. The topological polar surface area (TPSA) is 77.0 Å². The number of thioether (sulfide) groups is 1. The molecule has 28 heavy (non-hydrogen) atoms. The molecule has 0 aliphatic carbocycles. The molecule has 6 nitrogen and oxygen atoms in total. The molecule has 0 atom stereocenters. The Balaban J connectivity index is 1.66. The lowest BCUT2D eigenvalue weighted by atomic mass is 10.2. The van der Waals surface area contributed by atoms with Crippen LogP contribution in [-0.2, 0) is 11.3 Å². The van der Waals surface area contributed by atoms with Crippen LogP contribution in [0.5, 0.6) is 0 Å². The first-order chi connectivity index (χ1) is 13.4. The second-order valence-corrected chi connectivity index (χ2v) is 8.10. The number of hydrogen-bond donors (Lipinski definition) is 1. The van der Waals surface area contributed by atoms with Crippen molar-refractivity contribution < 1.29 is 9.18 Å². The fraction of sp³-hybridized carbons (Fsp3) is 0.167. The summed E-state index contributed by atoms with van der Waals surface area (Å²) in [5.74, 6) is 5.99. The first-order valence-electron chi connectivity index (χ1n) is 8.13. The average molecular weight is 485 g/mol. The Bertz CT molecular complexity index is 995. The van der Waals surface area contributed by atoms with Gasteiger partial charge >= 0.3 is 0 Å². The van der Waals surface area contributed by atoms with Gasteiger partial charge in [0.2, 0.25) is 11.1 Å². The predicted molar refractivity (Wildman–Crippen MR) is 112 cm³/mol. The third-order valence-electron chi connectivity index (χ3n) is 3.99. The van der Waals surface area contributed by atoms with E-state index in [9.17, 15) is 9.18 Å². The van der Waals surface area contributed by atoms with Gasteiger partial charge in [-0.2, -0.15) is 0 Å². The molecule has 2 aromatic carbocycles. The predicted octanol–water partition coefficient (Wildman–Crippen LogP) is 3.96. The van der Waals surface area contributed by atoms with Crippen molar-refractivity contribution in [2.45, 2.75) is 11.7 Å². The normalized spacial score (nSPS) is 10.9. The fourth-order valence-electron chi connectivity index (χ4n) is 2.45. The van der Waals surface area contributed by atoms with E-state index in [1.165, 1.54) is 21.7 Å². The van der Waals surface area contributed by atoms with E-state index in [0.717, 1.165) is 21.8 Å². The van der Waals surface area contributed by atoms with Gasteiger partial charge in [0.1, 0.15) is 5.82 Å². The smallest absolute Gasteiger partial charge is 0.233 e. The van der Waals surface area contributed by atoms with Gasteiger partial charge in [-0.3, -0.25) is 4.79 Å². The molecule has 3 rings (SSSR count). The molecule has 3 aromatic rings. The molecule has 0 aliphatic rings. The van der Waals surface area contributed by atoms with Gasteiger partial charge < -0.3 is 10.7 Å². The molecule has 1 heterocycles. The highest BCUT2D eigenvalue weighted by Gasteiger charge is 2.18. The number of carbonyl (C=O) groups excluding carboxylic acids is 1. The van der Waals surface area contributed by atoms with Gasteiger partial charge in [-0.05, 0) is 24.3 Å². The number of nitrogens with two attached hydrogens (primary N) is 1. The van der Waals surface area contributed by atoms with Crippen LogP contribution in [0.4, 0.5) is 4.39 Å². The lowest BCUT2D eigenvalue weighted by molar-refractivity contribution is -0.127. The lowest BCUT2D eigenvalue weighted by Crippen LogP contribution is -2.28. The van der Waals surface area contributed by atoms with E-state index >= 15 is 0 Å². The fourth-order valence-corrected chi connectivity index (χ4v) is 3.93. The van der Waals surface area contributed by atoms with E-state index in [4.69, 9.17) is 17.4 Å². The van der Waals surface area contributed by atoms with Crippen LogP contribution in [0.15, 0.2) is 52.1 Å². The van der Waals surface area contributed by atoms with Crippen molar-refractivity contribution in [3.8, 4) is 11.4 Å². The maximum absolute atomic E-state index is 13.9. The number of carbonyl (C=O) groups is 1. The number of nitrogens with zero attached hydrogens (tertiary/aromatic N) is 4. The summed E-state index contributed by atoms with van der Waals surface area (Å²) in [6.45, 7) is 0.0719. The molecule has 1 amide bonds. The minimum absolute atomic E-state index is 0.0719. The van der Waals surface area contributed by atoms with Gasteiger partial charge in [-0.1, -0.05) is 57.5 Å². The molecule has 0 saturated heterocycles. The molecular formula is C18H16BrClFN5OS. The average Bonchev–Trinajstić information content (AvgIpc) is 3.03. The highest BCUT2D eigenvalue weighted by atomic mass is 79.9. The van der Waals surface area contributed by atoms with Crippen molar-refractivity contribution >= 4 is 45.2 Å². The lowest BCUT2D eigenvalue weighted by Gasteiger charge is -2.18. The highest BCUT2D eigenvalue weighted by molar-refractivity contribution is 9.10. The van der Waals surface area contributed by atoms with Crippen LogP contribution in [0.3, 0.4) is 0 Å². The minimum atomic E-state index is -0.445. The van der Waals surface area contributed by atoms with E-state index in [2.05, 4.69) is 26.1 Å². The van der Waals surface area contributed by atoms with Crippen LogP contribution >= 0.6 is 39.3 Å². The summed E-state index contributed by atoms with van der Waals surface area (Å²) in [7, 11) is 1.59. The minimum Gasteiger partial charge on any atom is -0.341 e. The SMILES string of the molecule is CN(Cc1c(F)cccc1Cl)C(=O)CSc1nnc(-c2ccccc2Br)n1N. The van der Waals surface area contributed by atoms with Crippen LogP contribution in [0, 0.1) is 5.82 Å². The van der Waals surface area contributed by atoms with Gasteiger partial charge in [0.15, 0.2) is 5.82 Å². The van der Waals surface area contributed by atoms with Crippen LogP contribution in [0.1, 0.15) is 5.56 Å². The summed E-state index contributed by atoms with van der Waals surface area (Å²) >= 11 is 10.6. The maximum atomic E-state index is 13.9. The number of aromatic nitrogens is 3. The summed E-state index contributed by atoms with van der Waals surface area (Å²) in [6, 6.07) is 11.9. The molecule has 0 saturated carbocycles. The molecule has 1 aromatic heterocycles. The number of nitrogen functional groups attached to an aromatic ring is 1. The number of amides is 1. The number of rotatable bonds is 6. The second-order valence-electron chi connectivity index (χ2n) is 5.89. The highest BCUT2D eigenvalue weighted by Crippen LogP contribution is 2.28. The maximum Gasteiger partial charge on any atom is 0.233 e. The van der Waals surface area contributed by atoms with E-state index in [-0.39, 0.29) is 28.8 Å². The number of halogens is 3. The van der Waals surface area contributed by atoms with E-state index in [1.54, 1.807) is 13.1 Å². The van der Waals surface area contributed by atoms with Crippen molar-refractivity contribution in [2.75, 3.05) is 18.6 Å². The van der Waals surface area contributed by atoms with Gasteiger partial charge in [-0.15, -0.1) is 10.2 Å². The summed E-state index contributed by atoms with van der Waals surface area (Å²) in [5, 5.41) is 8.84. The van der Waals surface area contributed by atoms with E-state index in [0.29, 0.717) is 11.0 Å². The van der Waals surface area contributed by atoms with Crippen molar-refractivity contribution in [3.05, 3.63) is 63.3 Å². The van der Waals surface area contributed by atoms with Crippen LogP contribution in [0.2, 0.25) is 5.02 Å². The Morgan fingerprint density at radius 3 is 2.75 bits per heavy atom. The van der Waals surface area contributed by atoms with Gasteiger partial charge in [-0.25, -0.2) is 9.07 Å². The first-order valence-corrected chi connectivity index (χ1v) is 10.3. The van der Waals surface area contributed by atoms with Crippen LogP contribution in [-0.4, -0.2) is 38.5 Å². The first kappa shape index (κ1) is 20.6. The van der Waals surface area contributed by atoms with Crippen LogP contribution < -0.4 is 5.84 Å². The molecule has 10 heteroatoms. The molecule has 0 spiro atoms. The third kappa shape index (κ3) is 4.48. The summed E-state index contributed by atoms with van der Waals surface area (Å²) < 4.78 is 16.1. The van der Waals surface area contributed by atoms with Gasteiger partial charge in [0.05, 0.1) is 5.75 Å².